The van der Waals surface area contributed by atoms with Gasteiger partial charge in [-0.15, -0.1) is 0 Å². The van der Waals surface area contributed by atoms with Gasteiger partial charge in [0, 0.05) is 21.8 Å². The molecule has 0 saturated carbocycles. The minimum atomic E-state index is -0.280. The number of amides is 1. The molecule has 25 heavy (non-hydrogen) atoms. The van der Waals surface area contributed by atoms with Gasteiger partial charge >= 0.3 is 0 Å². The minimum absolute atomic E-state index is 0.0873. The number of aryl methyl sites for hydroxylation is 1. The van der Waals surface area contributed by atoms with Crippen LogP contribution in [0.15, 0.2) is 70.2 Å². The fourth-order valence-electron chi connectivity index (χ4n) is 2.39. The number of carbonyl (C=O) groups excluding carboxylic acids is 1. The van der Waals surface area contributed by atoms with Crippen LogP contribution >= 0.6 is 15.9 Å². The third kappa shape index (κ3) is 4.22. The number of carbonyl (C=O) groups is 1. The van der Waals surface area contributed by atoms with Crippen molar-refractivity contribution >= 4 is 27.5 Å². The van der Waals surface area contributed by atoms with Crippen molar-refractivity contribution < 1.29 is 4.79 Å². The average Bonchev–Trinajstić information content (AvgIpc) is 2.61. The zero-order valence-electron chi connectivity index (χ0n) is 13.6. The van der Waals surface area contributed by atoms with E-state index < -0.39 is 0 Å². The molecular weight excluding hydrogens is 382 g/mol. The molecule has 2 aromatic carbocycles. The van der Waals surface area contributed by atoms with Crippen LogP contribution in [0.5, 0.6) is 0 Å². The van der Waals surface area contributed by atoms with E-state index >= 15 is 0 Å². The van der Waals surface area contributed by atoms with Crippen LogP contribution in [0.3, 0.4) is 0 Å². The summed E-state index contributed by atoms with van der Waals surface area (Å²) < 4.78 is 2.26. The van der Waals surface area contributed by atoms with Gasteiger partial charge in [0.1, 0.15) is 6.54 Å². The molecule has 0 unspecified atom stereocenters. The molecule has 1 N–H and O–H groups in total. The Morgan fingerprint density at radius 1 is 1.16 bits per heavy atom. The molecule has 0 spiro atoms. The predicted octanol–water partition coefficient (Wildman–Crippen LogP) is 3.62. The summed E-state index contributed by atoms with van der Waals surface area (Å²) in [4.78, 5) is 28.7. The standard InChI is InChI=1S/C19H16BrN3O2/c1-13-9-15(7-8-16(13)20)22-18(24)11-23-12-21-17(10-19(23)25)14-5-3-2-4-6-14/h2-10,12H,11H2,1H3,(H,22,24). The molecule has 0 atom stereocenters. The number of benzene rings is 2. The SMILES string of the molecule is Cc1cc(NC(=O)Cn2cnc(-c3ccccc3)cc2=O)ccc1Br. The van der Waals surface area contributed by atoms with E-state index in [-0.39, 0.29) is 18.0 Å². The van der Waals surface area contributed by atoms with Crippen LogP contribution in [0, 0.1) is 6.92 Å². The van der Waals surface area contributed by atoms with E-state index in [1.807, 2.05) is 49.4 Å². The fraction of sp³-hybridized carbons (Fsp3) is 0.105. The van der Waals surface area contributed by atoms with Crippen molar-refractivity contribution in [3.05, 3.63) is 81.3 Å². The molecule has 3 rings (SSSR count). The molecule has 1 heterocycles. The van der Waals surface area contributed by atoms with Crippen LogP contribution in [0.1, 0.15) is 5.56 Å². The third-order valence-electron chi connectivity index (χ3n) is 3.70. The van der Waals surface area contributed by atoms with E-state index in [1.54, 1.807) is 6.07 Å². The van der Waals surface area contributed by atoms with Crippen LogP contribution < -0.4 is 10.9 Å². The molecule has 0 aliphatic heterocycles. The number of aromatic nitrogens is 2. The van der Waals surface area contributed by atoms with Crippen molar-refractivity contribution in [3.63, 3.8) is 0 Å². The van der Waals surface area contributed by atoms with Gasteiger partial charge in [0.2, 0.25) is 5.91 Å². The highest BCUT2D eigenvalue weighted by molar-refractivity contribution is 9.10. The average molecular weight is 398 g/mol. The summed E-state index contributed by atoms with van der Waals surface area (Å²) in [6, 6.07) is 16.4. The molecule has 0 saturated heterocycles. The van der Waals surface area contributed by atoms with Gasteiger partial charge in [0.15, 0.2) is 0 Å². The van der Waals surface area contributed by atoms with Gasteiger partial charge in [-0.3, -0.25) is 14.2 Å². The number of anilines is 1. The number of nitrogens with zero attached hydrogens (tertiary/aromatic N) is 2. The molecule has 0 bridgehead atoms. The van der Waals surface area contributed by atoms with Crippen molar-refractivity contribution in [3.8, 4) is 11.3 Å². The van der Waals surface area contributed by atoms with E-state index in [0.29, 0.717) is 11.4 Å². The summed E-state index contributed by atoms with van der Waals surface area (Å²) >= 11 is 3.42. The van der Waals surface area contributed by atoms with Gasteiger partial charge in [-0.25, -0.2) is 4.98 Å². The van der Waals surface area contributed by atoms with Gasteiger partial charge in [-0.05, 0) is 30.7 Å². The lowest BCUT2D eigenvalue weighted by Crippen LogP contribution is -2.27. The summed E-state index contributed by atoms with van der Waals surface area (Å²) in [6.07, 6.45) is 1.40. The zero-order chi connectivity index (χ0) is 17.8. The van der Waals surface area contributed by atoms with Gasteiger partial charge in [-0.1, -0.05) is 46.3 Å². The molecule has 0 aliphatic rings. The van der Waals surface area contributed by atoms with Crippen LogP contribution in [-0.2, 0) is 11.3 Å². The lowest BCUT2D eigenvalue weighted by Gasteiger charge is -2.09. The Bertz CT molecular complexity index is 968. The van der Waals surface area contributed by atoms with E-state index in [9.17, 15) is 9.59 Å². The second-order valence-electron chi connectivity index (χ2n) is 5.62. The van der Waals surface area contributed by atoms with E-state index in [0.717, 1.165) is 15.6 Å². The summed E-state index contributed by atoms with van der Waals surface area (Å²) in [5, 5.41) is 2.78. The Morgan fingerprint density at radius 2 is 1.92 bits per heavy atom. The number of nitrogens with one attached hydrogen (secondary N) is 1. The lowest BCUT2D eigenvalue weighted by atomic mass is 10.1. The maximum atomic E-state index is 12.2. The molecular formula is C19H16BrN3O2. The summed E-state index contributed by atoms with van der Waals surface area (Å²) in [7, 11) is 0. The summed E-state index contributed by atoms with van der Waals surface area (Å²) in [5.74, 6) is -0.280. The van der Waals surface area contributed by atoms with Crippen molar-refractivity contribution in [2.75, 3.05) is 5.32 Å². The van der Waals surface area contributed by atoms with Gasteiger partial charge in [0.05, 0.1) is 12.0 Å². The Morgan fingerprint density at radius 3 is 2.60 bits per heavy atom. The van der Waals surface area contributed by atoms with Crippen molar-refractivity contribution in [2.45, 2.75) is 13.5 Å². The van der Waals surface area contributed by atoms with Crippen LogP contribution in [0.25, 0.3) is 11.3 Å². The van der Waals surface area contributed by atoms with Crippen LogP contribution in [-0.4, -0.2) is 15.5 Å². The van der Waals surface area contributed by atoms with E-state index in [2.05, 4.69) is 26.2 Å². The minimum Gasteiger partial charge on any atom is -0.325 e. The number of hydrogen-bond donors (Lipinski definition) is 1. The molecule has 0 radical (unpaired) electrons. The maximum Gasteiger partial charge on any atom is 0.254 e. The summed E-state index contributed by atoms with van der Waals surface area (Å²) in [6.45, 7) is 1.85. The Hall–Kier alpha value is -2.73. The van der Waals surface area contributed by atoms with Crippen molar-refractivity contribution in [1.82, 2.24) is 9.55 Å². The smallest absolute Gasteiger partial charge is 0.254 e. The van der Waals surface area contributed by atoms with E-state index in [1.165, 1.54) is 17.0 Å². The molecule has 126 valence electrons. The highest BCUT2D eigenvalue weighted by Gasteiger charge is 2.08. The lowest BCUT2D eigenvalue weighted by molar-refractivity contribution is -0.116. The normalized spacial score (nSPS) is 10.5. The van der Waals surface area contributed by atoms with Gasteiger partial charge < -0.3 is 5.32 Å². The van der Waals surface area contributed by atoms with E-state index in [4.69, 9.17) is 0 Å². The largest absolute Gasteiger partial charge is 0.325 e. The number of halogens is 1. The second kappa shape index (κ2) is 7.44. The molecule has 5 nitrogen and oxygen atoms in total. The van der Waals surface area contributed by atoms with Crippen molar-refractivity contribution in [1.29, 1.82) is 0 Å². The van der Waals surface area contributed by atoms with Crippen LogP contribution in [0.2, 0.25) is 0 Å². The first-order chi connectivity index (χ1) is 12.0. The molecule has 1 amide bonds. The Labute approximate surface area is 153 Å². The quantitative estimate of drug-likeness (QED) is 0.730. The third-order valence-corrected chi connectivity index (χ3v) is 4.59. The number of hydrogen-bond acceptors (Lipinski definition) is 3. The fourth-order valence-corrected chi connectivity index (χ4v) is 2.64. The highest BCUT2D eigenvalue weighted by Crippen LogP contribution is 2.20. The Kier molecular flexibility index (Phi) is 5.09. The highest BCUT2D eigenvalue weighted by atomic mass is 79.9. The maximum absolute atomic E-state index is 12.2. The Balaban J connectivity index is 1.73. The van der Waals surface area contributed by atoms with Gasteiger partial charge in [0.25, 0.3) is 5.56 Å². The first kappa shape index (κ1) is 17.1. The molecule has 0 fully saturated rings. The van der Waals surface area contributed by atoms with Crippen molar-refractivity contribution in [2.24, 2.45) is 0 Å². The first-order valence-electron chi connectivity index (χ1n) is 7.71. The topological polar surface area (TPSA) is 64.0 Å². The molecule has 6 heteroatoms. The number of rotatable bonds is 4. The predicted molar refractivity (Wildman–Crippen MR) is 101 cm³/mol. The second-order valence-corrected chi connectivity index (χ2v) is 6.47. The monoisotopic (exact) mass is 397 g/mol. The zero-order valence-corrected chi connectivity index (χ0v) is 15.2. The van der Waals surface area contributed by atoms with Crippen LogP contribution in [0.4, 0.5) is 5.69 Å². The summed E-state index contributed by atoms with van der Waals surface area (Å²) in [5.41, 5.74) is 2.89. The molecule has 0 aliphatic carbocycles. The molecule has 3 aromatic rings. The first-order valence-corrected chi connectivity index (χ1v) is 8.50. The van der Waals surface area contributed by atoms with Gasteiger partial charge in [-0.2, -0.15) is 0 Å². The molecule has 1 aromatic heterocycles.